The lowest BCUT2D eigenvalue weighted by Crippen LogP contribution is -2.13. The van der Waals surface area contributed by atoms with Crippen LogP contribution in [-0.2, 0) is 13.2 Å². The summed E-state index contributed by atoms with van der Waals surface area (Å²) in [7, 11) is 1.22. The second-order valence-corrected chi connectivity index (χ2v) is 5.77. The number of halogens is 3. The predicted molar refractivity (Wildman–Crippen MR) is 79.4 cm³/mol. The molecular formula is C14H11F3N4OS. The Balaban J connectivity index is 1.76. The first-order chi connectivity index (χ1) is 10.9. The molecule has 0 bridgehead atoms. The average molecular weight is 340 g/mol. The summed E-state index contributed by atoms with van der Waals surface area (Å²) in [5.41, 5.74) is 1.34. The molecule has 0 aliphatic carbocycles. The fourth-order valence-electron chi connectivity index (χ4n) is 2.20. The highest BCUT2D eigenvalue weighted by Gasteiger charge is 2.37. The molecule has 1 aromatic carbocycles. The minimum absolute atomic E-state index is 0.0221. The van der Waals surface area contributed by atoms with Crippen LogP contribution in [0.3, 0.4) is 0 Å². The molecule has 5 nitrogen and oxygen atoms in total. The molecule has 23 heavy (non-hydrogen) atoms. The van der Waals surface area contributed by atoms with E-state index in [1.54, 1.807) is 6.20 Å². The number of carbonyl (C=O) groups is 1. The Bertz CT molecular complexity index is 868. The Morgan fingerprint density at radius 1 is 1.30 bits per heavy atom. The van der Waals surface area contributed by atoms with E-state index in [-0.39, 0.29) is 16.7 Å². The molecule has 0 atom stereocenters. The zero-order valence-corrected chi connectivity index (χ0v) is 12.7. The summed E-state index contributed by atoms with van der Waals surface area (Å²) in [5, 5.41) is 7.45. The van der Waals surface area contributed by atoms with Gasteiger partial charge in [-0.25, -0.2) is 0 Å². The fraction of sp³-hybridized carbons (Fsp3) is 0.214. The highest BCUT2D eigenvalue weighted by molar-refractivity contribution is 7.99. The van der Waals surface area contributed by atoms with Crippen LogP contribution in [0.2, 0.25) is 0 Å². The summed E-state index contributed by atoms with van der Waals surface area (Å²) in [6.45, 7) is 0. The number of nitrogens with zero attached hydrogens (tertiary/aromatic N) is 3. The predicted octanol–water partition coefficient (Wildman–Crippen LogP) is 3.29. The summed E-state index contributed by atoms with van der Waals surface area (Å²) < 4.78 is 38.8. The van der Waals surface area contributed by atoms with E-state index in [9.17, 15) is 18.0 Å². The van der Waals surface area contributed by atoms with Crippen LogP contribution in [-0.4, -0.2) is 31.3 Å². The maximum absolute atomic E-state index is 12.7. The summed E-state index contributed by atoms with van der Waals surface area (Å²) in [5.74, 6) is -1.30. The standard InChI is InChI=1S/C14H11F3N4OS/c1-21-12(14(15,16)17)19-20-13(21)23-7-11(22)9-6-18-10-5-3-2-4-8(9)10/h2-6,18H,7H2,1H3. The zero-order chi connectivity index (χ0) is 16.6. The van der Waals surface area contributed by atoms with Crippen LogP contribution in [0.5, 0.6) is 0 Å². The Labute approximate surface area is 132 Å². The van der Waals surface area contributed by atoms with Crippen LogP contribution >= 0.6 is 11.8 Å². The SMILES string of the molecule is Cn1c(SCC(=O)c2c[nH]c3ccccc23)nnc1C(F)(F)F. The number of hydrogen-bond donors (Lipinski definition) is 1. The molecule has 2 heterocycles. The highest BCUT2D eigenvalue weighted by atomic mass is 32.2. The molecule has 0 saturated carbocycles. The first kappa shape index (κ1) is 15.6. The maximum Gasteiger partial charge on any atom is 0.451 e. The van der Waals surface area contributed by atoms with Gasteiger partial charge in [-0.15, -0.1) is 10.2 Å². The van der Waals surface area contributed by atoms with Crippen molar-refractivity contribution in [1.82, 2.24) is 19.7 Å². The molecule has 9 heteroatoms. The van der Waals surface area contributed by atoms with Crippen molar-refractivity contribution in [2.45, 2.75) is 11.3 Å². The van der Waals surface area contributed by atoms with E-state index in [2.05, 4.69) is 15.2 Å². The summed E-state index contributed by atoms with van der Waals surface area (Å²) >= 11 is 0.925. The maximum atomic E-state index is 12.7. The van der Waals surface area contributed by atoms with Gasteiger partial charge in [0.15, 0.2) is 10.9 Å². The highest BCUT2D eigenvalue weighted by Crippen LogP contribution is 2.30. The number of nitrogens with one attached hydrogen (secondary N) is 1. The lowest BCUT2D eigenvalue weighted by Gasteiger charge is -2.05. The lowest BCUT2D eigenvalue weighted by molar-refractivity contribution is -0.147. The number of hydrogen-bond acceptors (Lipinski definition) is 4. The largest absolute Gasteiger partial charge is 0.451 e. The monoisotopic (exact) mass is 340 g/mol. The summed E-state index contributed by atoms with van der Waals surface area (Å²) in [4.78, 5) is 15.3. The average Bonchev–Trinajstić information content (AvgIpc) is 3.08. The van der Waals surface area contributed by atoms with Crippen LogP contribution < -0.4 is 0 Å². The molecule has 2 aromatic heterocycles. The van der Waals surface area contributed by atoms with E-state index >= 15 is 0 Å². The topological polar surface area (TPSA) is 63.6 Å². The molecule has 1 N–H and O–H groups in total. The van der Waals surface area contributed by atoms with Crippen molar-refractivity contribution in [1.29, 1.82) is 0 Å². The molecule has 0 radical (unpaired) electrons. The first-order valence-electron chi connectivity index (χ1n) is 6.56. The first-order valence-corrected chi connectivity index (χ1v) is 7.55. The number of thioether (sulfide) groups is 1. The van der Waals surface area contributed by atoms with Crippen molar-refractivity contribution in [2.24, 2.45) is 7.05 Å². The molecule has 0 saturated heterocycles. The molecule has 0 aliphatic heterocycles. The second kappa shape index (κ2) is 5.73. The Morgan fingerprint density at radius 3 is 2.74 bits per heavy atom. The molecule has 0 aliphatic rings. The quantitative estimate of drug-likeness (QED) is 0.585. The number of carbonyl (C=O) groups excluding carboxylic acids is 1. The van der Waals surface area contributed by atoms with Crippen molar-refractivity contribution >= 4 is 28.4 Å². The van der Waals surface area contributed by atoms with Crippen LogP contribution in [0.4, 0.5) is 13.2 Å². The van der Waals surface area contributed by atoms with E-state index in [0.29, 0.717) is 5.56 Å². The number of H-pyrrole nitrogens is 1. The normalized spacial score (nSPS) is 12.0. The Hall–Kier alpha value is -2.29. The van der Waals surface area contributed by atoms with Crippen molar-refractivity contribution in [3.63, 3.8) is 0 Å². The van der Waals surface area contributed by atoms with Gasteiger partial charge >= 0.3 is 6.18 Å². The fourth-order valence-corrected chi connectivity index (χ4v) is 2.99. The second-order valence-electron chi connectivity index (χ2n) is 4.82. The molecule has 0 amide bonds. The van der Waals surface area contributed by atoms with Gasteiger partial charge < -0.3 is 9.55 Å². The van der Waals surface area contributed by atoms with E-state index < -0.39 is 12.0 Å². The van der Waals surface area contributed by atoms with E-state index in [0.717, 1.165) is 27.2 Å². The van der Waals surface area contributed by atoms with Gasteiger partial charge in [0.05, 0.1) is 5.75 Å². The molecular weight excluding hydrogens is 329 g/mol. The number of aromatic nitrogens is 4. The van der Waals surface area contributed by atoms with E-state index in [1.165, 1.54) is 7.05 Å². The number of fused-ring (bicyclic) bond motifs is 1. The number of ketones is 1. The summed E-state index contributed by atoms with van der Waals surface area (Å²) in [6, 6.07) is 7.32. The Kier molecular flexibility index (Phi) is 3.88. The molecule has 0 spiro atoms. The van der Waals surface area contributed by atoms with Gasteiger partial charge in [-0.1, -0.05) is 30.0 Å². The third kappa shape index (κ3) is 2.96. The van der Waals surface area contributed by atoms with E-state index in [1.807, 2.05) is 24.3 Å². The van der Waals surface area contributed by atoms with Gasteiger partial charge in [0.1, 0.15) is 0 Å². The smallest absolute Gasteiger partial charge is 0.360 e. The van der Waals surface area contributed by atoms with Crippen LogP contribution in [0.15, 0.2) is 35.6 Å². The molecule has 0 fully saturated rings. The number of Topliss-reactive ketones (excluding diaryl/α,β-unsaturated/α-hetero) is 1. The minimum Gasteiger partial charge on any atom is -0.360 e. The number of para-hydroxylation sites is 1. The van der Waals surface area contributed by atoms with Gasteiger partial charge in [-0.05, 0) is 6.07 Å². The molecule has 120 valence electrons. The van der Waals surface area contributed by atoms with Crippen molar-refractivity contribution in [3.8, 4) is 0 Å². The number of rotatable bonds is 4. The van der Waals surface area contributed by atoms with E-state index in [4.69, 9.17) is 0 Å². The van der Waals surface area contributed by atoms with Gasteiger partial charge in [0.25, 0.3) is 0 Å². The van der Waals surface area contributed by atoms with Crippen molar-refractivity contribution in [3.05, 3.63) is 41.9 Å². The summed E-state index contributed by atoms with van der Waals surface area (Å²) in [6.07, 6.45) is -2.97. The third-order valence-corrected chi connectivity index (χ3v) is 4.33. The lowest BCUT2D eigenvalue weighted by atomic mass is 10.1. The molecule has 3 aromatic rings. The number of alkyl halides is 3. The zero-order valence-electron chi connectivity index (χ0n) is 11.9. The van der Waals surface area contributed by atoms with Gasteiger partial charge in [-0.2, -0.15) is 13.2 Å². The number of benzene rings is 1. The van der Waals surface area contributed by atoms with Crippen LogP contribution in [0.25, 0.3) is 10.9 Å². The molecule has 0 unspecified atom stereocenters. The molecule has 3 rings (SSSR count). The van der Waals surface area contributed by atoms with Crippen molar-refractivity contribution in [2.75, 3.05) is 5.75 Å². The van der Waals surface area contributed by atoms with Crippen LogP contribution in [0.1, 0.15) is 16.2 Å². The van der Waals surface area contributed by atoms with Gasteiger partial charge in [-0.3, -0.25) is 4.79 Å². The van der Waals surface area contributed by atoms with Crippen LogP contribution in [0, 0.1) is 0 Å². The van der Waals surface area contributed by atoms with Gasteiger partial charge in [0, 0.05) is 29.7 Å². The third-order valence-electron chi connectivity index (χ3n) is 3.31. The minimum atomic E-state index is -4.57. The Morgan fingerprint density at radius 2 is 2.04 bits per heavy atom. The number of aromatic amines is 1. The van der Waals surface area contributed by atoms with Crippen molar-refractivity contribution < 1.29 is 18.0 Å². The van der Waals surface area contributed by atoms with Gasteiger partial charge in [0.2, 0.25) is 5.82 Å².